The Hall–Kier alpha value is -3.88. The Labute approximate surface area is 153 Å². The normalized spacial score (nSPS) is 15.8. The zero-order chi connectivity index (χ0) is 19.0. The molecule has 0 amide bonds. The number of allylic oxidation sites excluding steroid dienone is 1. The summed E-state index contributed by atoms with van der Waals surface area (Å²) in [7, 11) is 0. The molecule has 3 heterocycles. The van der Waals surface area contributed by atoms with E-state index in [1.165, 1.54) is 4.68 Å². The quantitative estimate of drug-likeness (QED) is 0.671. The molecule has 0 bridgehead atoms. The monoisotopic (exact) mass is 362 g/mol. The third-order valence-electron chi connectivity index (χ3n) is 4.29. The van der Waals surface area contributed by atoms with Crippen LogP contribution in [0.25, 0.3) is 0 Å². The Morgan fingerprint density at radius 3 is 2.63 bits per heavy atom. The highest BCUT2D eigenvalue weighted by molar-refractivity contribution is 6.14. The number of anilines is 1. The lowest BCUT2D eigenvalue weighted by atomic mass is 9.90. The van der Waals surface area contributed by atoms with Gasteiger partial charge in [-0.25, -0.2) is 4.79 Å². The number of benzene rings is 1. The fourth-order valence-corrected chi connectivity index (χ4v) is 3.00. The van der Waals surface area contributed by atoms with Crippen LogP contribution in [0.15, 0.2) is 60.1 Å². The van der Waals surface area contributed by atoms with Gasteiger partial charge >= 0.3 is 5.97 Å². The number of tetrazole rings is 1. The minimum atomic E-state index is -1.27. The Kier molecular flexibility index (Phi) is 3.96. The predicted octanol–water partition coefficient (Wildman–Crippen LogP) is 1.61. The zero-order valence-electron chi connectivity index (χ0n) is 14.2. The van der Waals surface area contributed by atoms with Gasteiger partial charge in [0.1, 0.15) is 11.7 Å². The van der Waals surface area contributed by atoms with Gasteiger partial charge in [-0.2, -0.15) is 4.68 Å². The molecule has 0 aliphatic carbocycles. The van der Waals surface area contributed by atoms with Crippen molar-refractivity contribution >= 4 is 17.7 Å². The van der Waals surface area contributed by atoms with E-state index in [1.807, 2.05) is 6.92 Å². The van der Waals surface area contributed by atoms with Crippen molar-refractivity contribution < 1.29 is 14.7 Å². The maximum atomic E-state index is 13.3. The molecular weight excluding hydrogens is 348 g/mol. The second-order valence-electron chi connectivity index (χ2n) is 6.05. The number of aliphatic carboxylic acids is 1. The second-order valence-corrected chi connectivity index (χ2v) is 6.05. The molecule has 0 saturated carbocycles. The highest BCUT2D eigenvalue weighted by atomic mass is 16.4. The van der Waals surface area contributed by atoms with Crippen molar-refractivity contribution in [3.63, 3.8) is 0 Å². The molecule has 1 aliphatic heterocycles. The van der Waals surface area contributed by atoms with E-state index in [9.17, 15) is 14.7 Å². The molecule has 1 unspecified atom stereocenters. The van der Waals surface area contributed by atoms with Crippen LogP contribution in [0.4, 0.5) is 5.95 Å². The number of carboxylic acid groups (broad SMARTS) is 1. The first-order valence-corrected chi connectivity index (χ1v) is 8.10. The number of carboxylic acids is 1. The van der Waals surface area contributed by atoms with E-state index >= 15 is 0 Å². The van der Waals surface area contributed by atoms with Gasteiger partial charge in [0.05, 0.1) is 5.57 Å². The van der Waals surface area contributed by atoms with Crippen molar-refractivity contribution in [2.75, 3.05) is 5.32 Å². The Bertz CT molecular complexity index is 1060. The fraction of sp³-hybridized carbons (Fsp3) is 0.111. The fourth-order valence-electron chi connectivity index (χ4n) is 3.00. The summed E-state index contributed by atoms with van der Waals surface area (Å²) < 4.78 is 1.38. The number of ketones is 1. The van der Waals surface area contributed by atoms with Crippen LogP contribution in [0.5, 0.6) is 0 Å². The SMILES string of the molecule is Cc1ccc(C(=O)C2=C(C(=O)O)Nc3nnnn3C2c2cccnc2)cc1. The van der Waals surface area contributed by atoms with Gasteiger partial charge in [0.15, 0.2) is 5.78 Å². The van der Waals surface area contributed by atoms with Crippen LogP contribution in [-0.2, 0) is 4.79 Å². The number of carbonyl (C=O) groups excluding carboxylic acids is 1. The molecule has 0 saturated heterocycles. The minimum Gasteiger partial charge on any atom is -0.477 e. The molecule has 0 radical (unpaired) electrons. The Balaban J connectivity index is 1.93. The number of rotatable bonds is 4. The highest BCUT2D eigenvalue weighted by Crippen LogP contribution is 2.35. The van der Waals surface area contributed by atoms with Gasteiger partial charge in [-0.1, -0.05) is 41.0 Å². The van der Waals surface area contributed by atoms with Crippen LogP contribution in [0.1, 0.15) is 27.5 Å². The number of aromatic nitrogens is 5. The van der Waals surface area contributed by atoms with Crippen LogP contribution in [0, 0.1) is 6.92 Å². The molecule has 0 spiro atoms. The van der Waals surface area contributed by atoms with Crippen LogP contribution in [0.2, 0.25) is 0 Å². The van der Waals surface area contributed by atoms with Crippen molar-refractivity contribution in [2.45, 2.75) is 13.0 Å². The van der Waals surface area contributed by atoms with Crippen molar-refractivity contribution in [3.8, 4) is 0 Å². The summed E-state index contributed by atoms with van der Waals surface area (Å²) in [6, 6.07) is 9.56. The van der Waals surface area contributed by atoms with E-state index in [0.717, 1.165) is 5.56 Å². The summed E-state index contributed by atoms with van der Waals surface area (Å²) in [5.74, 6) is -1.55. The number of hydrogen-bond acceptors (Lipinski definition) is 7. The number of pyridine rings is 1. The summed E-state index contributed by atoms with van der Waals surface area (Å²) in [5.41, 5.74) is 1.76. The van der Waals surface area contributed by atoms with Crippen molar-refractivity contribution in [1.29, 1.82) is 0 Å². The third kappa shape index (κ3) is 2.84. The number of nitrogens with one attached hydrogen (secondary N) is 1. The van der Waals surface area contributed by atoms with E-state index in [2.05, 4.69) is 25.8 Å². The summed E-state index contributed by atoms with van der Waals surface area (Å²) in [5, 5.41) is 23.7. The molecular formula is C18H14N6O3. The van der Waals surface area contributed by atoms with E-state index in [0.29, 0.717) is 11.1 Å². The number of hydrogen-bond donors (Lipinski definition) is 2. The summed E-state index contributed by atoms with van der Waals surface area (Å²) in [6.07, 6.45) is 3.15. The second kappa shape index (κ2) is 6.45. The Morgan fingerprint density at radius 2 is 1.96 bits per heavy atom. The molecule has 0 fully saturated rings. The van der Waals surface area contributed by atoms with Crippen LogP contribution in [0.3, 0.4) is 0 Å². The summed E-state index contributed by atoms with van der Waals surface area (Å²) in [4.78, 5) is 29.3. The van der Waals surface area contributed by atoms with E-state index in [4.69, 9.17) is 0 Å². The minimum absolute atomic E-state index is 0.0409. The maximum Gasteiger partial charge on any atom is 0.352 e. The van der Waals surface area contributed by atoms with Gasteiger partial charge in [0, 0.05) is 18.0 Å². The van der Waals surface area contributed by atoms with Crippen molar-refractivity contribution in [3.05, 3.63) is 76.8 Å². The summed E-state index contributed by atoms with van der Waals surface area (Å²) in [6.45, 7) is 1.91. The van der Waals surface area contributed by atoms with Gasteiger partial charge in [-0.05, 0) is 29.0 Å². The Morgan fingerprint density at radius 1 is 1.19 bits per heavy atom. The van der Waals surface area contributed by atoms with Gasteiger partial charge in [0.25, 0.3) is 0 Å². The maximum absolute atomic E-state index is 13.3. The molecule has 3 aromatic rings. The molecule has 1 aliphatic rings. The molecule has 9 heteroatoms. The van der Waals surface area contributed by atoms with Crippen molar-refractivity contribution in [2.24, 2.45) is 0 Å². The number of carbonyl (C=O) groups is 2. The van der Waals surface area contributed by atoms with Crippen LogP contribution in [-0.4, -0.2) is 42.1 Å². The smallest absolute Gasteiger partial charge is 0.352 e. The first kappa shape index (κ1) is 16.6. The third-order valence-corrected chi connectivity index (χ3v) is 4.29. The number of fused-ring (bicyclic) bond motifs is 1. The first-order chi connectivity index (χ1) is 13.1. The van der Waals surface area contributed by atoms with Gasteiger partial charge in [-0.3, -0.25) is 9.78 Å². The van der Waals surface area contributed by atoms with E-state index in [-0.39, 0.29) is 17.2 Å². The van der Waals surface area contributed by atoms with Gasteiger partial charge < -0.3 is 10.4 Å². The van der Waals surface area contributed by atoms with E-state index in [1.54, 1.807) is 48.8 Å². The number of nitrogens with zero attached hydrogens (tertiary/aromatic N) is 5. The molecule has 2 N–H and O–H groups in total. The lowest BCUT2D eigenvalue weighted by Gasteiger charge is -2.27. The van der Waals surface area contributed by atoms with Crippen molar-refractivity contribution in [1.82, 2.24) is 25.2 Å². The molecule has 1 aromatic carbocycles. The average molecular weight is 362 g/mol. The lowest BCUT2D eigenvalue weighted by molar-refractivity contribution is -0.132. The molecule has 1 atom stereocenters. The topological polar surface area (TPSA) is 123 Å². The summed E-state index contributed by atoms with van der Waals surface area (Å²) >= 11 is 0. The first-order valence-electron chi connectivity index (χ1n) is 8.10. The van der Waals surface area contributed by atoms with Crippen LogP contribution < -0.4 is 5.32 Å². The average Bonchev–Trinajstić information content (AvgIpc) is 3.15. The molecule has 134 valence electrons. The van der Waals surface area contributed by atoms with Gasteiger partial charge in [-0.15, -0.1) is 0 Å². The molecule has 4 rings (SSSR count). The van der Waals surface area contributed by atoms with Gasteiger partial charge in [0.2, 0.25) is 5.95 Å². The molecule has 27 heavy (non-hydrogen) atoms. The van der Waals surface area contributed by atoms with Crippen LogP contribution >= 0.6 is 0 Å². The van der Waals surface area contributed by atoms with E-state index < -0.39 is 17.8 Å². The molecule has 2 aromatic heterocycles. The number of Topliss-reactive ketones (excluding diaryl/α,β-unsaturated/α-hetero) is 1. The standard InChI is InChI=1S/C18H14N6O3/c1-10-4-6-11(7-5-10)16(25)13-14(17(26)27)20-18-21-22-23-24(18)15(13)12-3-2-8-19-9-12/h2-9,15H,1H3,(H,26,27)(H,20,21,23). The largest absolute Gasteiger partial charge is 0.477 e. The molecule has 9 nitrogen and oxygen atoms in total. The number of aryl methyl sites for hydroxylation is 1. The predicted molar refractivity (Wildman–Crippen MR) is 94.0 cm³/mol. The zero-order valence-corrected chi connectivity index (χ0v) is 14.2. The highest BCUT2D eigenvalue weighted by Gasteiger charge is 2.38. The lowest BCUT2D eigenvalue weighted by Crippen LogP contribution is -2.32.